The number of hydrogen-bond donors (Lipinski definition) is 3. The average molecular weight is 293 g/mol. The molecule has 0 spiro atoms. The van der Waals surface area contributed by atoms with E-state index in [0.717, 1.165) is 0 Å². The van der Waals surface area contributed by atoms with Crippen LogP contribution in [0.4, 0.5) is 11.5 Å². The molecule has 0 aliphatic heterocycles. The number of nitrogens with one attached hydrogen (secondary N) is 1. The highest BCUT2D eigenvalue weighted by molar-refractivity contribution is 6.35. The summed E-state index contributed by atoms with van der Waals surface area (Å²) in [5, 5.41) is 3.17. The fraction of sp³-hybridized carbons (Fsp3) is 0.0833. The predicted molar refractivity (Wildman–Crippen MR) is 78.0 cm³/mol. The summed E-state index contributed by atoms with van der Waals surface area (Å²) in [5.41, 5.74) is 12.2. The van der Waals surface area contributed by atoms with Gasteiger partial charge in [0.25, 0.3) is 0 Å². The van der Waals surface area contributed by atoms with Crippen LogP contribution in [0.2, 0.25) is 5.02 Å². The van der Waals surface area contributed by atoms with E-state index in [0.29, 0.717) is 27.9 Å². The molecule has 0 bridgehead atoms. The molecule has 0 saturated carbocycles. The van der Waals surface area contributed by atoms with E-state index in [1.807, 2.05) is 0 Å². The average Bonchev–Trinajstić information content (AvgIpc) is 2.48. The maximum atomic E-state index is 6.19. The highest BCUT2D eigenvalue weighted by atomic mass is 35.5. The van der Waals surface area contributed by atoms with E-state index in [2.05, 4.69) is 20.3 Å². The quantitative estimate of drug-likeness (QED) is 0.732. The number of nitrogen functional groups attached to an aromatic ring is 1. The molecular weight excluding hydrogens is 280 g/mol. The van der Waals surface area contributed by atoms with E-state index in [1.54, 1.807) is 13.2 Å². The van der Waals surface area contributed by atoms with Gasteiger partial charge in [-0.25, -0.2) is 9.97 Å². The third-order valence-corrected chi connectivity index (χ3v) is 2.83. The first-order valence-corrected chi connectivity index (χ1v) is 6.03. The minimum atomic E-state index is 0.280. The molecule has 0 aromatic carbocycles. The van der Waals surface area contributed by atoms with Crippen LogP contribution >= 0.6 is 11.6 Å². The van der Waals surface area contributed by atoms with Gasteiger partial charge in [-0.2, -0.15) is 0 Å². The number of halogens is 1. The minimum absolute atomic E-state index is 0.280. The Morgan fingerprint density at radius 3 is 2.75 bits per heavy atom. The van der Waals surface area contributed by atoms with Crippen LogP contribution in [0.1, 0.15) is 5.69 Å². The highest BCUT2D eigenvalue weighted by Crippen LogP contribution is 2.36. The van der Waals surface area contributed by atoms with Crippen LogP contribution in [-0.2, 0) is 0 Å². The molecule has 8 heteroatoms. The summed E-state index contributed by atoms with van der Waals surface area (Å²) in [7, 11) is 1.69. The molecule has 2 rings (SSSR count). The Balaban J connectivity index is 2.35. The molecule has 7 nitrogen and oxygen atoms in total. The lowest BCUT2D eigenvalue weighted by atomic mass is 10.3. The first-order valence-electron chi connectivity index (χ1n) is 5.65. The molecule has 0 fully saturated rings. The zero-order chi connectivity index (χ0) is 14.5. The lowest BCUT2D eigenvalue weighted by Crippen LogP contribution is -2.04. The van der Waals surface area contributed by atoms with Gasteiger partial charge < -0.3 is 21.5 Å². The van der Waals surface area contributed by atoms with Crippen molar-refractivity contribution in [2.24, 2.45) is 5.73 Å². The van der Waals surface area contributed by atoms with E-state index in [-0.39, 0.29) is 5.82 Å². The Hall–Kier alpha value is -2.54. The predicted octanol–water partition coefficient (Wildman–Crippen LogP) is 1.48. The smallest absolute Gasteiger partial charge is 0.170 e. The van der Waals surface area contributed by atoms with Crippen LogP contribution in [0.5, 0.6) is 5.75 Å². The van der Waals surface area contributed by atoms with Crippen molar-refractivity contribution in [2.45, 2.75) is 0 Å². The van der Waals surface area contributed by atoms with Gasteiger partial charge in [-0.3, -0.25) is 4.98 Å². The molecule has 0 amide bonds. The van der Waals surface area contributed by atoms with Crippen molar-refractivity contribution in [1.82, 2.24) is 15.0 Å². The highest BCUT2D eigenvalue weighted by Gasteiger charge is 2.14. The summed E-state index contributed by atoms with van der Waals surface area (Å²) in [6.07, 6.45) is 7.29. The third kappa shape index (κ3) is 2.72. The second-order valence-electron chi connectivity index (χ2n) is 3.67. The van der Waals surface area contributed by atoms with Gasteiger partial charge in [0.05, 0.1) is 18.1 Å². The molecular formula is C12H13ClN6O. The molecule has 2 heterocycles. The fourth-order valence-electron chi connectivity index (χ4n) is 1.51. The number of hydrogen-bond acceptors (Lipinski definition) is 7. The van der Waals surface area contributed by atoms with Gasteiger partial charge in [0.1, 0.15) is 16.5 Å². The summed E-state index contributed by atoms with van der Waals surface area (Å²) in [6, 6.07) is 0. The first kappa shape index (κ1) is 13.9. The van der Waals surface area contributed by atoms with E-state index in [1.165, 1.54) is 24.8 Å². The first-order chi connectivity index (χ1) is 9.67. The SMILES string of the molecule is CNc1c(N)ncc(OC(=CN)c2cnccn2)c1Cl. The van der Waals surface area contributed by atoms with Gasteiger partial charge in [0.15, 0.2) is 11.5 Å². The maximum absolute atomic E-state index is 6.19. The molecule has 0 unspecified atom stereocenters. The van der Waals surface area contributed by atoms with Crippen LogP contribution in [0.25, 0.3) is 5.76 Å². The molecule has 2 aromatic rings. The Bertz CT molecular complexity index is 631. The number of aromatic nitrogens is 3. The van der Waals surface area contributed by atoms with Crippen LogP contribution in [0.3, 0.4) is 0 Å². The zero-order valence-electron chi connectivity index (χ0n) is 10.7. The molecule has 0 radical (unpaired) electrons. The summed E-state index contributed by atoms with van der Waals surface area (Å²) in [6.45, 7) is 0. The molecule has 0 atom stereocenters. The minimum Gasteiger partial charge on any atom is -0.450 e. The van der Waals surface area contributed by atoms with Crippen molar-refractivity contribution in [2.75, 3.05) is 18.1 Å². The molecule has 0 aliphatic rings. The Labute approximate surface area is 120 Å². The van der Waals surface area contributed by atoms with Gasteiger partial charge in [-0.05, 0) is 0 Å². The Kier molecular flexibility index (Phi) is 4.21. The van der Waals surface area contributed by atoms with Gasteiger partial charge in [-0.15, -0.1) is 0 Å². The van der Waals surface area contributed by atoms with Crippen molar-refractivity contribution in [3.05, 3.63) is 41.7 Å². The second kappa shape index (κ2) is 6.07. The van der Waals surface area contributed by atoms with Crippen LogP contribution in [-0.4, -0.2) is 22.0 Å². The number of nitrogens with zero attached hydrogens (tertiary/aromatic N) is 3. The normalized spacial score (nSPS) is 11.2. The van der Waals surface area contributed by atoms with Crippen LogP contribution < -0.4 is 21.5 Å². The lowest BCUT2D eigenvalue weighted by Gasteiger charge is -2.13. The third-order valence-electron chi connectivity index (χ3n) is 2.45. The lowest BCUT2D eigenvalue weighted by molar-refractivity contribution is 0.508. The molecule has 0 saturated heterocycles. The van der Waals surface area contributed by atoms with E-state index < -0.39 is 0 Å². The molecule has 104 valence electrons. The van der Waals surface area contributed by atoms with Gasteiger partial charge in [0, 0.05) is 25.6 Å². The Morgan fingerprint density at radius 2 is 2.15 bits per heavy atom. The number of ether oxygens (including phenoxy) is 1. The van der Waals surface area contributed by atoms with Gasteiger partial charge in [-0.1, -0.05) is 11.6 Å². The summed E-state index contributed by atoms with van der Waals surface area (Å²) >= 11 is 6.19. The zero-order valence-corrected chi connectivity index (χ0v) is 11.4. The molecule has 2 aromatic heterocycles. The summed E-state index contributed by atoms with van der Waals surface area (Å²) in [5.74, 6) is 0.906. The summed E-state index contributed by atoms with van der Waals surface area (Å²) < 4.78 is 5.62. The van der Waals surface area contributed by atoms with E-state index in [4.69, 9.17) is 27.8 Å². The van der Waals surface area contributed by atoms with Crippen LogP contribution in [0, 0.1) is 0 Å². The molecule has 0 aliphatic carbocycles. The van der Waals surface area contributed by atoms with E-state index >= 15 is 0 Å². The molecule has 5 N–H and O–H groups in total. The van der Waals surface area contributed by atoms with Gasteiger partial charge >= 0.3 is 0 Å². The standard InChI is InChI=1S/C12H13ClN6O/c1-16-11-10(13)9(6-19-12(11)15)20-8(4-14)7-5-17-2-3-18-7/h2-6,16H,14H2,1H3,(H2,15,19). The topological polar surface area (TPSA) is 112 Å². The number of rotatable bonds is 4. The fourth-order valence-corrected chi connectivity index (χ4v) is 1.79. The second-order valence-corrected chi connectivity index (χ2v) is 4.05. The van der Waals surface area contributed by atoms with Crippen molar-refractivity contribution in [1.29, 1.82) is 0 Å². The van der Waals surface area contributed by atoms with Crippen LogP contribution in [0.15, 0.2) is 31.0 Å². The number of anilines is 2. The van der Waals surface area contributed by atoms with E-state index in [9.17, 15) is 0 Å². The van der Waals surface area contributed by atoms with Crippen molar-refractivity contribution >= 4 is 28.9 Å². The van der Waals surface area contributed by atoms with Gasteiger partial charge in [0.2, 0.25) is 0 Å². The number of nitrogens with two attached hydrogens (primary N) is 2. The largest absolute Gasteiger partial charge is 0.450 e. The van der Waals surface area contributed by atoms with Crippen molar-refractivity contribution in [3.8, 4) is 5.75 Å². The van der Waals surface area contributed by atoms with Crippen molar-refractivity contribution in [3.63, 3.8) is 0 Å². The summed E-state index contributed by atoms with van der Waals surface area (Å²) in [4.78, 5) is 12.0. The monoisotopic (exact) mass is 292 g/mol. The maximum Gasteiger partial charge on any atom is 0.170 e. The number of pyridine rings is 1. The van der Waals surface area contributed by atoms with Crippen molar-refractivity contribution < 1.29 is 4.74 Å². The molecule has 20 heavy (non-hydrogen) atoms. The Morgan fingerprint density at radius 1 is 1.35 bits per heavy atom.